The number of nitrogens with two attached hydrogens (primary N) is 1. The topological polar surface area (TPSA) is 35.2 Å². The van der Waals surface area contributed by atoms with Gasteiger partial charge in [-0.25, -0.2) is 0 Å². The van der Waals surface area contributed by atoms with E-state index in [1.807, 2.05) is 24.3 Å². The van der Waals surface area contributed by atoms with Gasteiger partial charge in [0.05, 0.1) is 0 Å². The number of hydrogen-bond acceptors (Lipinski definition) is 2. The minimum atomic E-state index is 0.00539. The molecule has 2 heteroatoms. The van der Waals surface area contributed by atoms with Crippen LogP contribution < -0.4 is 10.5 Å². The van der Waals surface area contributed by atoms with Gasteiger partial charge in [0, 0.05) is 11.8 Å². The van der Waals surface area contributed by atoms with Crippen LogP contribution in [0.5, 0.6) is 5.75 Å². The second kappa shape index (κ2) is 5.58. The van der Waals surface area contributed by atoms with Crippen LogP contribution in [0.15, 0.2) is 48.5 Å². The zero-order valence-corrected chi connectivity index (χ0v) is 12.7. The lowest BCUT2D eigenvalue weighted by atomic mass is 9.86. The van der Waals surface area contributed by atoms with Gasteiger partial charge in [-0.3, -0.25) is 0 Å². The van der Waals surface area contributed by atoms with Gasteiger partial charge in [0.15, 0.2) is 0 Å². The van der Waals surface area contributed by atoms with Crippen LogP contribution in [0.1, 0.15) is 44.9 Å². The molecular formula is C18H23NO. The van der Waals surface area contributed by atoms with Gasteiger partial charge in [0.25, 0.3) is 0 Å². The fraction of sp³-hybridized carbons (Fsp3) is 0.333. The third kappa shape index (κ3) is 3.53. The van der Waals surface area contributed by atoms with Gasteiger partial charge in [-0.05, 0) is 35.6 Å². The van der Waals surface area contributed by atoms with Gasteiger partial charge in [-0.15, -0.1) is 0 Å². The number of hydrogen-bond donors (Lipinski definition) is 1. The molecule has 106 valence electrons. The normalized spacial score (nSPS) is 13.0. The van der Waals surface area contributed by atoms with Crippen molar-refractivity contribution in [2.24, 2.45) is 0 Å². The molecular weight excluding hydrogens is 246 g/mol. The molecule has 0 bridgehead atoms. The van der Waals surface area contributed by atoms with Crippen LogP contribution in [-0.4, -0.2) is 0 Å². The Balaban J connectivity index is 2.11. The number of ether oxygens (including phenoxy) is 1. The quantitative estimate of drug-likeness (QED) is 0.819. The Kier molecular flexibility index (Phi) is 4.03. The molecule has 0 spiro atoms. The molecule has 0 aromatic heterocycles. The Morgan fingerprint density at radius 3 is 2.20 bits per heavy atom. The first kappa shape index (κ1) is 14.4. The third-order valence-electron chi connectivity index (χ3n) is 3.42. The summed E-state index contributed by atoms with van der Waals surface area (Å²) in [5.74, 6) is 0.803. The highest BCUT2D eigenvalue weighted by Gasteiger charge is 2.14. The highest BCUT2D eigenvalue weighted by atomic mass is 16.5. The molecule has 0 amide bonds. The van der Waals surface area contributed by atoms with Crippen molar-refractivity contribution in [3.05, 3.63) is 59.7 Å². The second-order valence-corrected chi connectivity index (χ2v) is 6.20. The van der Waals surface area contributed by atoms with Crippen molar-refractivity contribution in [1.82, 2.24) is 0 Å². The summed E-state index contributed by atoms with van der Waals surface area (Å²) in [6.07, 6.45) is 0.00539. The molecule has 1 unspecified atom stereocenters. The summed E-state index contributed by atoms with van der Waals surface area (Å²) >= 11 is 0. The van der Waals surface area contributed by atoms with E-state index >= 15 is 0 Å². The lowest BCUT2D eigenvalue weighted by Crippen LogP contribution is -2.11. The van der Waals surface area contributed by atoms with Crippen LogP contribution in [0.2, 0.25) is 0 Å². The Hall–Kier alpha value is -1.96. The van der Waals surface area contributed by atoms with Gasteiger partial charge < -0.3 is 10.5 Å². The van der Waals surface area contributed by atoms with Crippen LogP contribution in [0.4, 0.5) is 5.69 Å². The van der Waals surface area contributed by atoms with Crippen molar-refractivity contribution < 1.29 is 4.74 Å². The van der Waals surface area contributed by atoms with Crippen molar-refractivity contribution in [3.63, 3.8) is 0 Å². The summed E-state index contributed by atoms with van der Waals surface area (Å²) < 4.78 is 5.93. The minimum absolute atomic E-state index is 0.00539. The molecule has 0 aliphatic rings. The Labute approximate surface area is 121 Å². The molecule has 2 rings (SSSR count). The number of nitrogen functional groups attached to an aromatic ring is 1. The van der Waals surface area contributed by atoms with Crippen molar-refractivity contribution in [2.75, 3.05) is 5.73 Å². The molecule has 2 N–H and O–H groups in total. The molecule has 1 atom stereocenters. The van der Waals surface area contributed by atoms with Crippen LogP contribution >= 0.6 is 0 Å². The largest absolute Gasteiger partial charge is 0.486 e. The predicted octanol–water partition coefficient (Wildman–Crippen LogP) is 4.71. The van der Waals surface area contributed by atoms with E-state index in [2.05, 4.69) is 52.0 Å². The van der Waals surface area contributed by atoms with Crippen LogP contribution in [0.3, 0.4) is 0 Å². The van der Waals surface area contributed by atoms with E-state index < -0.39 is 0 Å². The lowest BCUT2D eigenvalue weighted by Gasteiger charge is -2.21. The molecule has 0 saturated carbocycles. The van der Waals surface area contributed by atoms with E-state index in [4.69, 9.17) is 10.5 Å². The highest BCUT2D eigenvalue weighted by Crippen LogP contribution is 2.26. The molecule has 2 nitrogen and oxygen atoms in total. The number of anilines is 1. The summed E-state index contributed by atoms with van der Waals surface area (Å²) in [6, 6.07) is 16.2. The second-order valence-electron chi connectivity index (χ2n) is 6.20. The molecule has 2 aromatic rings. The first-order valence-corrected chi connectivity index (χ1v) is 6.99. The molecule has 0 heterocycles. The number of rotatable bonds is 3. The molecule has 0 saturated heterocycles. The van der Waals surface area contributed by atoms with Gasteiger partial charge in [0.1, 0.15) is 11.9 Å². The number of benzene rings is 2. The highest BCUT2D eigenvalue weighted by molar-refractivity contribution is 5.43. The first-order chi connectivity index (χ1) is 9.36. The minimum Gasteiger partial charge on any atom is -0.486 e. The summed E-state index contributed by atoms with van der Waals surface area (Å²) in [5.41, 5.74) is 9.16. The molecule has 0 aliphatic carbocycles. The fourth-order valence-electron chi connectivity index (χ4n) is 2.11. The van der Waals surface area contributed by atoms with Crippen molar-refractivity contribution in [1.29, 1.82) is 0 Å². The Morgan fingerprint density at radius 1 is 1.00 bits per heavy atom. The average molecular weight is 269 g/mol. The first-order valence-electron chi connectivity index (χ1n) is 6.99. The zero-order valence-electron chi connectivity index (χ0n) is 12.7. The smallest absolute Gasteiger partial charge is 0.122 e. The van der Waals surface area contributed by atoms with E-state index in [0.717, 1.165) is 11.4 Å². The Morgan fingerprint density at radius 2 is 1.65 bits per heavy atom. The van der Waals surface area contributed by atoms with Gasteiger partial charge in [-0.1, -0.05) is 51.1 Å². The third-order valence-corrected chi connectivity index (χ3v) is 3.42. The van der Waals surface area contributed by atoms with Crippen molar-refractivity contribution >= 4 is 5.69 Å². The monoisotopic (exact) mass is 269 g/mol. The zero-order chi connectivity index (χ0) is 14.8. The van der Waals surface area contributed by atoms with Gasteiger partial charge in [-0.2, -0.15) is 0 Å². The predicted molar refractivity (Wildman–Crippen MR) is 85.0 cm³/mol. The summed E-state index contributed by atoms with van der Waals surface area (Å²) in [5, 5.41) is 0. The maximum atomic E-state index is 5.93. The van der Waals surface area contributed by atoms with Crippen LogP contribution in [0.25, 0.3) is 0 Å². The summed E-state index contributed by atoms with van der Waals surface area (Å²) in [4.78, 5) is 0. The molecule has 0 fully saturated rings. The van der Waals surface area contributed by atoms with E-state index in [9.17, 15) is 0 Å². The maximum Gasteiger partial charge on any atom is 0.122 e. The summed E-state index contributed by atoms with van der Waals surface area (Å²) in [7, 11) is 0. The van der Waals surface area contributed by atoms with E-state index in [-0.39, 0.29) is 11.5 Å². The maximum absolute atomic E-state index is 5.93. The molecule has 2 aromatic carbocycles. The summed E-state index contributed by atoms with van der Waals surface area (Å²) in [6.45, 7) is 8.70. The van der Waals surface area contributed by atoms with Crippen LogP contribution in [0, 0.1) is 0 Å². The van der Waals surface area contributed by atoms with Crippen molar-refractivity contribution in [3.8, 4) is 5.75 Å². The van der Waals surface area contributed by atoms with Gasteiger partial charge in [0.2, 0.25) is 0 Å². The van der Waals surface area contributed by atoms with Gasteiger partial charge >= 0.3 is 0 Å². The Bertz CT molecular complexity index is 567. The SMILES string of the molecule is CC(Oc1cccc(N)c1)c1ccc(C(C)(C)C)cc1. The fourth-order valence-corrected chi connectivity index (χ4v) is 2.11. The van der Waals surface area contributed by atoms with E-state index in [1.165, 1.54) is 11.1 Å². The van der Waals surface area contributed by atoms with Crippen molar-refractivity contribution in [2.45, 2.75) is 39.2 Å². The lowest BCUT2D eigenvalue weighted by molar-refractivity contribution is 0.227. The molecule has 0 aliphatic heterocycles. The van der Waals surface area contributed by atoms with Crippen LogP contribution in [-0.2, 0) is 5.41 Å². The van der Waals surface area contributed by atoms with E-state index in [1.54, 1.807) is 0 Å². The molecule has 0 radical (unpaired) electrons. The van der Waals surface area contributed by atoms with E-state index in [0.29, 0.717) is 0 Å². The average Bonchev–Trinajstić information content (AvgIpc) is 2.38. The molecule has 20 heavy (non-hydrogen) atoms. The standard InChI is InChI=1S/C18H23NO/c1-13(20-17-7-5-6-16(19)12-17)14-8-10-15(11-9-14)18(2,3)4/h5-13H,19H2,1-4H3.